The molecule has 0 saturated carbocycles. The van der Waals surface area contributed by atoms with Crippen molar-refractivity contribution in [2.45, 2.75) is 32.7 Å². The van der Waals surface area contributed by atoms with E-state index in [2.05, 4.69) is 33.5 Å². The molecule has 2 aromatic heterocycles. The molecule has 1 N–H and O–H groups in total. The van der Waals surface area contributed by atoms with Gasteiger partial charge in [-0.3, -0.25) is 19.6 Å². The Bertz CT molecular complexity index is 1090. The normalized spacial score (nSPS) is 18.0. The number of carbonyl (C=O) groups excluding carboxylic acids is 2. The SMILES string of the molecule is CC(C)NC(=O)C1(Cc2cccc(-c3cccnc3)c2)CCN(C(=O)c2ccncc2)C1. The molecule has 1 aromatic carbocycles. The molecule has 0 radical (unpaired) electrons. The van der Waals surface area contributed by atoms with E-state index in [0.29, 0.717) is 31.5 Å². The molecule has 164 valence electrons. The van der Waals surface area contributed by atoms with Gasteiger partial charge < -0.3 is 10.2 Å². The molecule has 1 aliphatic rings. The first kappa shape index (κ1) is 21.7. The van der Waals surface area contributed by atoms with Crippen LogP contribution in [0.1, 0.15) is 36.2 Å². The highest BCUT2D eigenvalue weighted by Gasteiger charge is 2.46. The smallest absolute Gasteiger partial charge is 0.253 e. The lowest BCUT2D eigenvalue weighted by Crippen LogP contribution is -2.47. The summed E-state index contributed by atoms with van der Waals surface area (Å²) in [5, 5.41) is 3.09. The number of amides is 2. The van der Waals surface area contributed by atoms with Crippen molar-refractivity contribution < 1.29 is 9.59 Å². The van der Waals surface area contributed by atoms with Gasteiger partial charge in [0.25, 0.3) is 5.91 Å². The van der Waals surface area contributed by atoms with Gasteiger partial charge in [0.1, 0.15) is 0 Å². The molecule has 6 heteroatoms. The summed E-state index contributed by atoms with van der Waals surface area (Å²) in [6, 6.07) is 15.6. The molecular formula is C26H28N4O2. The Morgan fingerprint density at radius 2 is 1.81 bits per heavy atom. The third kappa shape index (κ3) is 4.69. The van der Waals surface area contributed by atoms with Crippen LogP contribution in [0.15, 0.2) is 73.3 Å². The molecule has 1 saturated heterocycles. The lowest BCUT2D eigenvalue weighted by molar-refractivity contribution is -0.130. The van der Waals surface area contributed by atoms with E-state index in [0.717, 1.165) is 16.7 Å². The molecule has 1 atom stereocenters. The Labute approximate surface area is 188 Å². The van der Waals surface area contributed by atoms with Gasteiger partial charge in [0.15, 0.2) is 0 Å². The van der Waals surface area contributed by atoms with Gasteiger partial charge in [-0.05, 0) is 61.6 Å². The predicted molar refractivity (Wildman–Crippen MR) is 124 cm³/mol. The van der Waals surface area contributed by atoms with Crippen LogP contribution in [0.3, 0.4) is 0 Å². The molecule has 1 aliphatic heterocycles. The van der Waals surface area contributed by atoms with E-state index in [1.807, 2.05) is 38.2 Å². The number of benzene rings is 1. The molecule has 6 nitrogen and oxygen atoms in total. The Balaban J connectivity index is 1.61. The maximum Gasteiger partial charge on any atom is 0.253 e. The van der Waals surface area contributed by atoms with Crippen molar-refractivity contribution in [2.24, 2.45) is 5.41 Å². The van der Waals surface area contributed by atoms with Gasteiger partial charge in [-0.2, -0.15) is 0 Å². The zero-order valence-corrected chi connectivity index (χ0v) is 18.5. The number of nitrogens with zero attached hydrogens (tertiary/aromatic N) is 3. The third-order valence-electron chi connectivity index (χ3n) is 5.93. The number of rotatable bonds is 6. The topological polar surface area (TPSA) is 75.2 Å². The van der Waals surface area contributed by atoms with Gasteiger partial charge in [0.05, 0.1) is 5.41 Å². The van der Waals surface area contributed by atoms with Crippen LogP contribution in [0.5, 0.6) is 0 Å². The van der Waals surface area contributed by atoms with Crippen molar-refractivity contribution in [1.82, 2.24) is 20.2 Å². The number of pyridine rings is 2. The summed E-state index contributed by atoms with van der Waals surface area (Å²) in [6.45, 7) is 4.87. The lowest BCUT2D eigenvalue weighted by atomic mass is 9.79. The minimum absolute atomic E-state index is 0.00399. The van der Waals surface area contributed by atoms with Gasteiger partial charge in [0.2, 0.25) is 5.91 Å². The molecule has 0 bridgehead atoms. The second-order valence-corrected chi connectivity index (χ2v) is 8.74. The second-order valence-electron chi connectivity index (χ2n) is 8.74. The van der Waals surface area contributed by atoms with Crippen molar-refractivity contribution in [3.63, 3.8) is 0 Å². The van der Waals surface area contributed by atoms with Gasteiger partial charge in [0, 0.05) is 49.5 Å². The molecule has 32 heavy (non-hydrogen) atoms. The van der Waals surface area contributed by atoms with E-state index in [4.69, 9.17) is 0 Å². The summed E-state index contributed by atoms with van der Waals surface area (Å²) >= 11 is 0. The number of carbonyl (C=O) groups is 2. The average molecular weight is 429 g/mol. The lowest BCUT2D eigenvalue weighted by Gasteiger charge is -2.29. The minimum Gasteiger partial charge on any atom is -0.353 e. The fourth-order valence-corrected chi connectivity index (χ4v) is 4.33. The van der Waals surface area contributed by atoms with Crippen LogP contribution in [0.25, 0.3) is 11.1 Å². The summed E-state index contributed by atoms with van der Waals surface area (Å²) in [7, 11) is 0. The van der Waals surface area contributed by atoms with E-state index < -0.39 is 5.41 Å². The van der Waals surface area contributed by atoms with Gasteiger partial charge in [-0.15, -0.1) is 0 Å². The Morgan fingerprint density at radius 3 is 2.53 bits per heavy atom. The van der Waals surface area contributed by atoms with Crippen LogP contribution in [0, 0.1) is 5.41 Å². The van der Waals surface area contributed by atoms with E-state index in [-0.39, 0.29) is 17.9 Å². The fraction of sp³-hybridized carbons (Fsp3) is 0.308. The van der Waals surface area contributed by atoms with E-state index in [9.17, 15) is 9.59 Å². The maximum absolute atomic E-state index is 13.4. The predicted octanol–water partition coefficient (Wildman–Crippen LogP) is 3.74. The van der Waals surface area contributed by atoms with Crippen LogP contribution in [0.2, 0.25) is 0 Å². The maximum atomic E-state index is 13.4. The Hall–Kier alpha value is -3.54. The van der Waals surface area contributed by atoms with Gasteiger partial charge in [-0.25, -0.2) is 0 Å². The van der Waals surface area contributed by atoms with E-state index >= 15 is 0 Å². The molecule has 2 amide bonds. The summed E-state index contributed by atoms with van der Waals surface area (Å²) in [4.78, 5) is 36.4. The van der Waals surface area contributed by atoms with Crippen molar-refractivity contribution >= 4 is 11.8 Å². The largest absolute Gasteiger partial charge is 0.353 e. The van der Waals surface area contributed by atoms with Crippen LogP contribution in [-0.2, 0) is 11.2 Å². The van der Waals surface area contributed by atoms with Crippen molar-refractivity contribution in [3.8, 4) is 11.1 Å². The van der Waals surface area contributed by atoms with Gasteiger partial charge >= 0.3 is 0 Å². The first-order valence-corrected chi connectivity index (χ1v) is 11.0. The van der Waals surface area contributed by atoms with Crippen LogP contribution < -0.4 is 5.32 Å². The summed E-state index contributed by atoms with van der Waals surface area (Å²) < 4.78 is 0. The second kappa shape index (κ2) is 9.30. The van der Waals surface area contributed by atoms with Gasteiger partial charge in [-0.1, -0.05) is 30.3 Å². The molecule has 3 aromatic rings. The first-order chi connectivity index (χ1) is 15.5. The standard InChI is InChI=1S/C26H28N4O2/c1-19(2)29-25(32)26(10-14-30(18-26)24(31)21-8-12-27-13-9-21)16-20-5-3-6-22(15-20)23-7-4-11-28-17-23/h3-9,11-13,15,17,19H,10,14,16,18H2,1-2H3,(H,29,32). The van der Waals surface area contributed by atoms with E-state index in [1.165, 1.54) is 0 Å². The number of nitrogens with one attached hydrogen (secondary N) is 1. The minimum atomic E-state index is -0.666. The third-order valence-corrected chi connectivity index (χ3v) is 5.93. The monoisotopic (exact) mass is 428 g/mol. The number of hydrogen-bond donors (Lipinski definition) is 1. The van der Waals surface area contributed by atoms with E-state index in [1.54, 1.807) is 35.6 Å². The van der Waals surface area contributed by atoms with Crippen LogP contribution >= 0.6 is 0 Å². The Kier molecular flexibility index (Phi) is 6.30. The molecule has 3 heterocycles. The highest BCUT2D eigenvalue weighted by molar-refractivity contribution is 5.95. The van der Waals surface area contributed by atoms with Crippen molar-refractivity contribution in [2.75, 3.05) is 13.1 Å². The quantitative estimate of drug-likeness (QED) is 0.649. The Morgan fingerprint density at radius 1 is 1.03 bits per heavy atom. The summed E-state index contributed by atoms with van der Waals surface area (Å²) in [5.74, 6) is -0.0555. The molecule has 0 spiro atoms. The highest BCUT2D eigenvalue weighted by Crippen LogP contribution is 2.36. The molecule has 0 aliphatic carbocycles. The molecule has 1 fully saturated rings. The number of likely N-dealkylation sites (tertiary alicyclic amines) is 1. The van der Waals surface area contributed by atoms with Crippen LogP contribution in [0.4, 0.5) is 0 Å². The average Bonchev–Trinajstić information content (AvgIpc) is 3.25. The number of aromatic nitrogens is 2. The fourth-order valence-electron chi connectivity index (χ4n) is 4.33. The summed E-state index contributed by atoms with van der Waals surface area (Å²) in [5.41, 5.74) is 3.11. The van der Waals surface area contributed by atoms with Crippen molar-refractivity contribution in [3.05, 3.63) is 84.4 Å². The molecule has 1 unspecified atom stereocenters. The highest BCUT2D eigenvalue weighted by atomic mass is 16.2. The number of hydrogen-bond acceptors (Lipinski definition) is 4. The molecule has 4 rings (SSSR count). The summed E-state index contributed by atoms with van der Waals surface area (Å²) in [6.07, 6.45) is 8.02. The zero-order valence-electron chi connectivity index (χ0n) is 18.5. The zero-order chi connectivity index (χ0) is 22.6. The van der Waals surface area contributed by atoms with Crippen molar-refractivity contribution in [1.29, 1.82) is 0 Å². The first-order valence-electron chi connectivity index (χ1n) is 11.0. The molecular weight excluding hydrogens is 400 g/mol. The van der Waals surface area contributed by atoms with Crippen LogP contribution in [-0.4, -0.2) is 45.8 Å².